The van der Waals surface area contributed by atoms with Crippen molar-refractivity contribution in [3.05, 3.63) is 70.6 Å². The quantitative estimate of drug-likeness (QED) is 0.271. The summed E-state index contributed by atoms with van der Waals surface area (Å²) in [6.07, 6.45) is 6.22. The summed E-state index contributed by atoms with van der Waals surface area (Å²) >= 11 is 1.83. The third-order valence-corrected chi connectivity index (χ3v) is 9.34. The van der Waals surface area contributed by atoms with Crippen molar-refractivity contribution in [1.29, 1.82) is 0 Å². The average Bonchev–Trinajstić information content (AvgIpc) is 3.53. The lowest BCUT2D eigenvalue weighted by Crippen LogP contribution is -2.38. The van der Waals surface area contributed by atoms with Crippen molar-refractivity contribution in [2.24, 2.45) is 0 Å². The molecule has 1 N–H and O–H groups in total. The number of carbonyl (C=O) groups is 1. The molecule has 4 aromatic rings. The van der Waals surface area contributed by atoms with E-state index in [9.17, 15) is 9.90 Å². The molecule has 1 saturated heterocycles. The van der Waals surface area contributed by atoms with E-state index in [2.05, 4.69) is 58.9 Å². The molecule has 38 heavy (non-hydrogen) atoms. The van der Waals surface area contributed by atoms with Gasteiger partial charge in [-0.3, -0.25) is 4.90 Å². The Labute approximate surface area is 228 Å². The number of benzene rings is 2. The molecule has 2 fully saturated rings. The number of nitrogens with zero attached hydrogens (tertiary/aromatic N) is 2. The van der Waals surface area contributed by atoms with Crippen molar-refractivity contribution in [2.75, 3.05) is 32.8 Å². The van der Waals surface area contributed by atoms with Gasteiger partial charge >= 0.3 is 5.97 Å². The van der Waals surface area contributed by atoms with Crippen LogP contribution in [0, 0.1) is 6.92 Å². The zero-order valence-corrected chi connectivity index (χ0v) is 22.9. The third kappa shape index (κ3) is 5.05. The number of rotatable bonds is 7. The number of aromatic carboxylic acids is 1. The predicted octanol–water partition coefficient (Wildman–Crippen LogP) is 7.42. The maximum Gasteiger partial charge on any atom is 0.335 e. The summed E-state index contributed by atoms with van der Waals surface area (Å²) in [6.45, 7) is 7.34. The largest absolute Gasteiger partial charge is 0.478 e. The lowest BCUT2D eigenvalue weighted by molar-refractivity contribution is 0.0366. The number of aryl methyl sites for hydroxylation is 1. The first-order chi connectivity index (χ1) is 18.6. The van der Waals surface area contributed by atoms with Crippen LogP contribution in [-0.2, 0) is 11.3 Å². The topological polar surface area (TPSA) is 54.7 Å². The zero-order valence-electron chi connectivity index (χ0n) is 22.1. The van der Waals surface area contributed by atoms with Crippen LogP contribution in [0.25, 0.3) is 32.6 Å². The number of ether oxygens (including phenoxy) is 1. The number of fused-ring (bicyclic) bond motifs is 1. The smallest absolute Gasteiger partial charge is 0.335 e. The molecule has 0 radical (unpaired) electrons. The Bertz CT molecular complexity index is 1420. The summed E-state index contributed by atoms with van der Waals surface area (Å²) < 4.78 is 8.00. The van der Waals surface area contributed by atoms with E-state index in [0.29, 0.717) is 11.5 Å². The number of hydrogen-bond acceptors (Lipinski definition) is 4. The molecule has 0 unspecified atom stereocenters. The van der Waals surface area contributed by atoms with Crippen molar-refractivity contribution in [2.45, 2.75) is 51.5 Å². The van der Waals surface area contributed by atoms with Crippen molar-refractivity contribution in [1.82, 2.24) is 9.47 Å². The van der Waals surface area contributed by atoms with Gasteiger partial charge in [0.25, 0.3) is 0 Å². The Morgan fingerprint density at radius 1 is 0.947 bits per heavy atom. The number of carboxylic acids is 1. The summed E-state index contributed by atoms with van der Waals surface area (Å²) in [5.41, 5.74) is 6.56. The van der Waals surface area contributed by atoms with Gasteiger partial charge in [-0.05, 0) is 66.6 Å². The molecule has 2 aromatic heterocycles. The van der Waals surface area contributed by atoms with Gasteiger partial charge in [0.2, 0.25) is 0 Å². The molecule has 6 rings (SSSR count). The monoisotopic (exact) mass is 528 g/mol. The van der Waals surface area contributed by atoms with Crippen LogP contribution in [0.15, 0.2) is 54.6 Å². The Hall–Kier alpha value is -2.93. The molecule has 1 saturated carbocycles. The first kappa shape index (κ1) is 25.4. The summed E-state index contributed by atoms with van der Waals surface area (Å²) in [7, 11) is 0. The normalized spacial score (nSPS) is 17.3. The molecule has 0 atom stereocenters. The third-order valence-electron chi connectivity index (χ3n) is 8.29. The lowest BCUT2D eigenvalue weighted by Gasteiger charge is -2.27. The highest BCUT2D eigenvalue weighted by atomic mass is 32.1. The van der Waals surface area contributed by atoms with Gasteiger partial charge in [0.1, 0.15) is 0 Å². The average molecular weight is 529 g/mol. The van der Waals surface area contributed by atoms with E-state index in [1.54, 1.807) is 6.07 Å². The Morgan fingerprint density at radius 3 is 2.37 bits per heavy atom. The minimum Gasteiger partial charge on any atom is -0.478 e. The lowest BCUT2D eigenvalue weighted by atomic mass is 9.81. The zero-order chi connectivity index (χ0) is 26.1. The van der Waals surface area contributed by atoms with Gasteiger partial charge in [-0.15, -0.1) is 11.3 Å². The number of carboxylic acid groups (broad SMARTS) is 1. The van der Waals surface area contributed by atoms with E-state index < -0.39 is 5.97 Å². The Kier molecular flexibility index (Phi) is 7.37. The molecule has 1 aliphatic carbocycles. The van der Waals surface area contributed by atoms with Gasteiger partial charge < -0.3 is 14.4 Å². The highest BCUT2D eigenvalue weighted by Gasteiger charge is 2.27. The summed E-state index contributed by atoms with van der Waals surface area (Å²) in [6, 6.07) is 19.2. The first-order valence-corrected chi connectivity index (χ1v) is 14.8. The number of aromatic nitrogens is 1. The van der Waals surface area contributed by atoms with Crippen LogP contribution >= 0.6 is 11.3 Å². The van der Waals surface area contributed by atoms with E-state index in [4.69, 9.17) is 4.74 Å². The molecule has 3 heterocycles. The standard InChI is InChI=1S/C32H36N2O3S/c1-22-7-14-29(38-22)23-8-10-25(11-9-23)31-30(24-5-3-2-4-6-24)27-13-12-26(32(35)36)21-28(27)34(31)16-15-33-17-19-37-20-18-33/h7-14,21,24H,2-6,15-20H2,1H3,(H,35,36). The van der Waals surface area contributed by atoms with Crippen molar-refractivity contribution in [3.63, 3.8) is 0 Å². The molecule has 2 aliphatic rings. The maximum atomic E-state index is 12.0. The minimum atomic E-state index is -0.871. The molecule has 198 valence electrons. The van der Waals surface area contributed by atoms with E-state index in [1.807, 2.05) is 17.4 Å². The van der Waals surface area contributed by atoms with Gasteiger partial charge in [-0.25, -0.2) is 4.79 Å². The Balaban J connectivity index is 1.50. The van der Waals surface area contributed by atoms with Crippen molar-refractivity contribution in [3.8, 4) is 21.7 Å². The summed E-state index contributed by atoms with van der Waals surface area (Å²) in [5.74, 6) is -0.370. The predicted molar refractivity (Wildman–Crippen MR) is 155 cm³/mol. The fraction of sp³-hybridized carbons (Fsp3) is 0.406. The first-order valence-electron chi connectivity index (χ1n) is 14.0. The van der Waals surface area contributed by atoms with Crippen molar-refractivity contribution < 1.29 is 14.6 Å². The molecule has 0 spiro atoms. The van der Waals surface area contributed by atoms with E-state index in [-0.39, 0.29) is 0 Å². The molecule has 2 aromatic carbocycles. The second kappa shape index (κ2) is 11.0. The van der Waals surface area contributed by atoms with Crippen LogP contribution in [0.1, 0.15) is 58.8 Å². The Morgan fingerprint density at radius 2 is 1.68 bits per heavy atom. The molecular weight excluding hydrogens is 492 g/mol. The van der Waals surface area contributed by atoms with Crippen LogP contribution in [0.5, 0.6) is 0 Å². The summed E-state index contributed by atoms with van der Waals surface area (Å²) in [5, 5.41) is 11.0. The summed E-state index contributed by atoms with van der Waals surface area (Å²) in [4.78, 5) is 17.0. The van der Waals surface area contributed by atoms with Crippen LogP contribution < -0.4 is 0 Å². The van der Waals surface area contributed by atoms with Crippen molar-refractivity contribution >= 4 is 28.2 Å². The second-order valence-electron chi connectivity index (χ2n) is 10.7. The van der Waals surface area contributed by atoms with Gasteiger partial charge in [-0.2, -0.15) is 0 Å². The molecule has 5 nitrogen and oxygen atoms in total. The SMILES string of the molecule is Cc1ccc(-c2ccc(-c3c(C4CCCCC4)c4ccc(C(=O)O)cc4n3CCN3CCOCC3)cc2)s1. The van der Waals surface area contributed by atoms with E-state index in [0.717, 1.165) is 44.9 Å². The second-order valence-corrected chi connectivity index (χ2v) is 12.0. The highest BCUT2D eigenvalue weighted by molar-refractivity contribution is 7.15. The molecule has 0 amide bonds. The highest BCUT2D eigenvalue weighted by Crippen LogP contribution is 2.44. The number of morpholine rings is 1. The van der Waals surface area contributed by atoms with Crippen LogP contribution in [0.2, 0.25) is 0 Å². The van der Waals surface area contributed by atoms with Gasteiger partial charge in [0, 0.05) is 46.8 Å². The van der Waals surface area contributed by atoms with Gasteiger partial charge in [0.15, 0.2) is 0 Å². The molecule has 1 aliphatic heterocycles. The number of thiophene rings is 1. The maximum absolute atomic E-state index is 12.0. The fourth-order valence-electron chi connectivity index (χ4n) is 6.31. The van der Waals surface area contributed by atoms with Crippen LogP contribution in [-0.4, -0.2) is 53.4 Å². The van der Waals surface area contributed by atoms with Gasteiger partial charge in [0.05, 0.1) is 24.5 Å². The fourth-order valence-corrected chi connectivity index (χ4v) is 7.18. The molecule has 6 heteroatoms. The van der Waals surface area contributed by atoms with E-state index >= 15 is 0 Å². The number of hydrogen-bond donors (Lipinski definition) is 1. The van der Waals surface area contributed by atoms with E-state index in [1.165, 1.54) is 69.6 Å². The molecule has 0 bridgehead atoms. The molecular formula is C32H36N2O3S. The van der Waals surface area contributed by atoms with Gasteiger partial charge in [-0.1, -0.05) is 49.6 Å². The van der Waals surface area contributed by atoms with Crippen LogP contribution in [0.3, 0.4) is 0 Å². The minimum absolute atomic E-state index is 0.354. The van der Waals surface area contributed by atoms with Crippen LogP contribution in [0.4, 0.5) is 0 Å².